The summed E-state index contributed by atoms with van der Waals surface area (Å²) < 4.78 is 1.62. The molecule has 1 saturated carbocycles. The van der Waals surface area contributed by atoms with Gasteiger partial charge in [0, 0.05) is 30.4 Å². The van der Waals surface area contributed by atoms with E-state index in [9.17, 15) is 9.59 Å². The van der Waals surface area contributed by atoms with Gasteiger partial charge < -0.3 is 16.0 Å². The zero-order valence-electron chi connectivity index (χ0n) is 13.1. The first-order valence-corrected chi connectivity index (χ1v) is 7.51. The molecular formula is C16H19N5O2. The smallest absolute Gasteiger partial charge is 0.319 e. The van der Waals surface area contributed by atoms with Crippen molar-refractivity contribution in [3.8, 4) is 0 Å². The van der Waals surface area contributed by atoms with E-state index < -0.39 is 0 Å². The maximum Gasteiger partial charge on any atom is 0.319 e. The number of benzene rings is 1. The number of urea groups is 1. The highest BCUT2D eigenvalue weighted by molar-refractivity contribution is 6.04. The Balaban J connectivity index is 1.60. The third kappa shape index (κ3) is 3.88. The Morgan fingerprint density at radius 1 is 1.17 bits per heavy atom. The van der Waals surface area contributed by atoms with Crippen LogP contribution in [0.5, 0.6) is 0 Å². The van der Waals surface area contributed by atoms with Crippen molar-refractivity contribution < 1.29 is 9.59 Å². The fraction of sp³-hybridized carbons (Fsp3) is 0.312. The Labute approximate surface area is 134 Å². The van der Waals surface area contributed by atoms with Gasteiger partial charge >= 0.3 is 6.03 Å². The molecule has 1 aromatic carbocycles. The van der Waals surface area contributed by atoms with Crippen molar-refractivity contribution in [2.45, 2.75) is 25.8 Å². The van der Waals surface area contributed by atoms with Crippen LogP contribution in [0, 0.1) is 6.92 Å². The van der Waals surface area contributed by atoms with E-state index in [2.05, 4.69) is 21.0 Å². The first kappa shape index (κ1) is 15.1. The molecule has 0 bridgehead atoms. The summed E-state index contributed by atoms with van der Waals surface area (Å²) in [6.45, 7) is 1.86. The fourth-order valence-electron chi connectivity index (χ4n) is 2.20. The van der Waals surface area contributed by atoms with E-state index in [-0.39, 0.29) is 11.9 Å². The Bertz CT molecular complexity index is 731. The number of anilines is 2. The molecule has 1 heterocycles. The summed E-state index contributed by atoms with van der Waals surface area (Å²) in [4.78, 5) is 23.9. The van der Waals surface area contributed by atoms with E-state index in [1.165, 1.54) is 0 Å². The fourth-order valence-corrected chi connectivity index (χ4v) is 2.20. The van der Waals surface area contributed by atoms with E-state index in [1.54, 1.807) is 42.1 Å². The molecular weight excluding hydrogens is 294 g/mol. The normalized spacial score (nSPS) is 13.5. The van der Waals surface area contributed by atoms with Gasteiger partial charge in [0.15, 0.2) is 0 Å². The molecule has 0 spiro atoms. The number of hydrogen-bond acceptors (Lipinski definition) is 3. The van der Waals surface area contributed by atoms with Gasteiger partial charge in [0.1, 0.15) is 5.82 Å². The summed E-state index contributed by atoms with van der Waals surface area (Å²) in [5.74, 6) is 0.417. The number of aromatic nitrogens is 2. The molecule has 1 aromatic heterocycles. The molecule has 0 radical (unpaired) electrons. The minimum absolute atomic E-state index is 0.213. The number of nitrogens with one attached hydrogen (secondary N) is 3. The molecule has 0 saturated heterocycles. The second kappa shape index (κ2) is 6.12. The Morgan fingerprint density at radius 3 is 2.43 bits per heavy atom. The minimum atomic E-state index is -0.220. The SMILES string of the molecule is Cc1cc(NC(=O)c2ccc(NC(=O)NC3CC3)cc2)n(C)n1. The van der Waals surface area contributed by atoms with Crippen molar-refractivity contribution in [2.75, 3.05) is 10.6 Å². The number of carbonyl (C=O) groups is 2. The molecule has 1 aliphatic carbocycles. The molecule has 3 rings (SSSR count). The van der Waals surface area contributed by atoms with Gasteiger partial charge in [-0.2, -0.15) is 5.10 Å². The van der Waals surface area contributed by atoms with Crippen LogP contribution in [0.4, 0.5) is 16.3 Å². The van der Waals surface area contributed by atoms with Gasteiger partial charge in [-0.05, 0) is 44.0 Å². The van der Waals surface area contributed by atoms with Crippen LogP contribution in [0.3, 0.4) is 0 Å². The minimum Gasteiger partial charge on any atom is -0.335 e. The highest BCUT2D eigenvalue weighted by Gasteiger charge is 2.23. The molecule has 2 aromatic rings. The number of hydrogen-bond donors (Lipinski definition) is 3. The molecule has 7 heteroatoms. The summed E-state index contributed by atoms with van der Waals surface area (Å²) in [7, 11) is 1.77. The van der Waals surface area contributed by atoms with Crippen molar-refractivity contribution in [3.05, 3.63) is 41.6 Å². The van der Waals surface area contributed by atoms with Crippen LogP contribution in [0.15, 0.2) is 30.3 Å². The third-order valence-corrected chi connectivity index (χ3v) is 3.56. The van der Waals surface area contributed by atoms with Crippen molar-refractivity contribution >= 4 is 23.4 Å². The van der Waals surface area contributed by atoms with Gasteiger partial charge in [-0.3, -0.25) is 9.48 Å². The summed E-state index contributed by atoms with van der Waals surface area (Å²) in [6.07, 6.45) is 2.08. The predicted octanol–water partition coefficient (Wildman–Crippen LogP) is 2.26. The number of aryl methyl sites for hydroxylation is 2. The van der Waals surface area contributed by atoms with Crippen LogP contribution in [0.2, 0.25) is 0 Å². The summed E-state index contributed by atoms with van der Waals surface area (Å²) >= 11 is 0. The topological polar surface area (TPSA) is 88.0 Å². The molecule has 23 heavy (non-hydrogen) atoms. The predicted molar refractivity (Wildman–Crippen MR) is 87.5 cm³/mol. The molecule has 0 atom stereocenters. The molecule has 1 aliphatic rings. The van der Waals surface area contributed by atoms with Crippen molar-refractivity contribution in [1.29, 1.82) is 0 Å². The maximum atomic E-state index is 12.2. The first-order chi connectivity index (χ1) is 11.0. The number of nitrogens with zero attached hydrogens (tertiary/aromatic N) is 2. The van der Waals surface area contributed by atoms with Crippen molar-refractivity contribution in [3.63, 3.8) is 0 Å². The van der Waals surface area contributed by atoms with Crippen LogP contribution < -0.4 is 16.0 Å². The van der Waals surface area contributed by atoms with E-state index in [1.807, 2.05) is 6.92 Å². The highest BCUT2D eigenvalue weighted by atomic mass is 16.2. The number of amides is 3. The van der Waals surface area contributed by atoms with Gasteiger partial charge in [0.05, 0.1) is 5.69 Å². The van der Waals surface area contributed by atoms with Crippen LogP contribution >= 0.6 is 0 Å². The second-order valence-electron chi connectivity index (χ2n) is 5.70. The summed E-state index contributed by atoms with van der Waals surface area (Å²) in [6, 6.07) is 8.65. The quantitative estimate of drug-likeness (QED) is 0.809. The zero-order chi connectivity index (χ0) is 16.4. The zero-order valence-corrected chi connectivity index (χ0v) is 13.1. The Morgan fingerprint density at radius 2 is 1.87 bits per heavy atom. The lowest BCUT2D eigenvalue weighted by molar-refractivity contribution is 0.102. The van der Waals surface area contributed by atoms with E-state index in [0.29, 0.717) is 23.1 Å². The maximum absolute atomic E-state index is 12.2. The monoisotopic (exact) mass is 313 g/mol. The molecule has 3 N–H and O–H groups in total. The standard InChI is InChI=1S/C16H19N5O2/c1-10-9-14(21(2)20-10)19-15(22)11-3-5-12(6-4-11)17-16(23)18-13-7-8-13/h3-6,9,13H,7-8H2,1-2H3,(H,19,22)(H2,17,18,23). The molecule has 3 amide bonds. The molecule has 0 aliphatic heterocycles. The van der Waals surface area contributed by atoms with Crippen LogP contribution in [0.25, 0.3) is 0 Å². The number of rotatable bonds is 4. The van der Waals surface area contributed by atoms with Gasteiger partial charge in [0.25, 0.3) is 5.91 Å². The second-order valence-corrected chi connectivity index (χ2v) is 5.70. The molecule has 1 fully saturated rings. The average molecular weight is 313 g/mol. The van der Waals surface area contributed by atoms with Crippen LogP contribution in [-0.4, -0.2) is 27.8 Å². The largest absolute Gasteiger partial charge is 0.335 e. The lowest BCUT2D eigenvalue weighted by Gasteiger charge is -2.08. The summed E-state index contributed by atoms with van der Waals surface area (Å²) in [5, 5.41) is 12.6. The number of carbonyl (C=O) groups excluding carboxylic acids is 2. The lowest BCUT2D eigenvalue weighted by atomic mass is 10.2. The average Bonchev–Trinajstić information content (AvgIpc) is 3.24. The first-order valence-electron chi connectivity index (χ1n) is 7.51. The van der Waals surface area contributed by atoms with Crippen LogP contribution in [-0.2, 0) is 7.05 Å². The van der Waals surface area contributed by atoms with Crippen molar-refractivity contribution in [1.82, 2.24) is 15.1 Å². The van der Waals surface area contributed by atoms with Gasteiger partial charge in [-0.25, -0.2) is 4.79 Å². The highest BCUT2D eigenvalue weighted by Crippen LogP contribution is 2.19. The van der Waals surface area contributed by atoms with Crippen LogP contribution in [0.1, 0.15) is 28.9 Å². The van der Waals surface area contributed by atoms with Gasteiger partial charge in [-0.15, -0.1) is 0 Å². The third-order valence-electron chi connectivity index (χ3n) is 3.56. The summed E-state index contributed by atoms with van der Waals surface area (Å²) in [5.41, 5.74) is 2.00. The van der Waals surface area contributed by atoms with E-state index in [4.69, 9.17) is 0 Å². The Hall–Kier alpha value is -2.83. The van der Waals surface area contributed by atoms with E-state index in [0.717, 1.165) is 18.5 Å². The van der Waals surface area contributed by atoms with E-state index >= 15 is 0 Å². The van der Waals surface area contributed by atoms with Gasteiger partial charge in [0.2, 0.25) is 0 Å². The molecule has 7 nitrogen and oxygen atoms in total. The Kier molecular flexibility index (Phi) is 4.01. The van der Waals surface area contributed by atoms with Crippen molar-refractivity contribution in [2.24, 2.45) is 7.05 Å². The van der Waals surface area contributed by atoms with Gasteiger partial charge in [-0.1, -0.05) is 0 Å². The molecule has 0 unspecified atom stereocenters. The molecule has 120 valence electrons. The lowest BCUT2D eigenvalue weighted by Crippen LogP contribution is -2.30.